The lowest BCUT2D eigenvalue weighted by Gasteiger charge is -2.14. The number of nitrogens with two attached hydrogens (primary N) is 1. The minimum atomic E-state index is -0.137. The average molecular weight is 371 g/mol. The number of methoxy groups -OCH3 is 3. The van der Waals surface area contributed by atoms with Gasteiger partial charge in [-0.15, -0.1) is 0 Å². The van der Waals surface area contributed by atoms with Crippen molar-refractivity contribution in [1.29, 1.82) is 0 Å². The molecule has 6 heteroatoms. The molecule has 0 aromatic heterocycles. The fraction of sp³-hybridized carbons (Fsp3) is 0.286. The van der Waals surface area contributed by atoms with Crippen molar-refractivity contribution in [3.05, 3.63) is 47.0 Å². The molecule has 2 aromatic rings. The summed E-state index contributed by atoms with van der Waals surface area (Å²) in [6, 6.07) is 8.60. The van der Waals surface area contributed by atoms with Crippen LogP contribution in [0.1, 0.15) is 29.8 Å². The van der Waals surface area contributed by atoms with Crippen LogP contribution in [0.4, 0.5) is 5.69 Å². The summed E-state index contributed by atoms with van der Waals surface area (Å²) in [4.78, 5) is 12.8. The maximum Gasteiger partial charge on any atom is 0.203 e. The highest BCUT2D eigenvalue weighted by Gasteiger charge is 2.16. The highest BCUT2D eigenvalue weighted by molar-refractivity contribution is 6.11. The average Bonchev–Trinajstić information content (AvgIpc) is 2.68. The minimum Gasteiger partial charge on any atom is -0.493 e. The smallest absolute Gasteiger partial charge is 0.203 e. The van der Waals surface area contributed by atoms with E-state index in [-0.39, 0.29) is 5.78 Å². The zero-order valence-corrected chi connectivity index (χ0v) is 16.3. The number of benzene rings is 2. The Hall–Kier alpha value is -3.15. The molecule has 0 unspecified atom stereocenters. The van der Waals surface area contributed by atoms with Crippen LogP contribution in [0.25, 0.3) is 6.08 Å². The van der Waals surface area contributed by atoms with Crippen molar-refractivity contribution in [2.45, 2.75) is 13.8 Å². The van der Waals surface area contributed by atoms with Gasteiger partial charge in [0.1, 0.15) is 5.75 Å². The van der Waals surface area contributed by atoms with E-state index < -0.39 is 0 Å². The maximum atomic E-state index is 12.8. The third-order valence-corrected chi connectivity index (χ3v) is 4.04. The molecule has 0 amide bonds. The number of Topliss-reactive ketones (excluding diaryl/α,β-unsaturated/α-hetero) is 1. The van der Waals surface area contributed by atoms with Crippen LogP contribution in [0.5, 0.6) is 23.0 Å². The number of anilines is 1. The largest absolute Gasteiger partial charge is 0.493 e. The molecule has 27 heavy (non-hydrogen) atoms. The van der Waals surface area contributed by atoms with Crippen LogP contribution in [-0.2, 0) is 0 Å². The normalized spacial score (nSPS) is 11.1. The number of rotatable bonds is 8. The van der Waals surface area contributed by atoms with E-state index in [9.17, 15) is 4.79 Å². The summed E-state index contributed by atoms with van der Waals surface area (Å²) in [6.07, 6.45) is 1.75. The van der Waals surface area contributed by atoms with E-state index in [1.54, 1.807) is 51.5 Å². The highest BCUT2D eigenvalue weighted by atomic mass is 16.5. The zero-order valence-electron chi connectivity index (χ0n) is 16.3. The minimum absolute atomic E-state index is 0.137. The van der Waals surface area contributed by atoms with Crippen molar-refractivity contribution in [1.82, 2.24) is 0 Å². The molecule has 0 fully saturated rings. The Bertz CT molecular complexity index is 858. The number of carbonyl (C=O) groups is 1. The van der Waals surface area contributed by atoms with Crippen LogP contribution in [0.15, 0.2) is 35.9 Å². The van der Waals surface area contributed by atoms with Crippen LogP contribution in [0.3, 0.4) is 0 Å². The van der Waals surface area contributed by atoms with E-state index in [2.05, 4.69) is 0 Å². The molecule has 0 saturated heterocycles. The van der Waals surface area contributed by atoms with Gasteiger partial charge in [-0.2, -0.15) is 0 Å². The standard InChI is InChI=1S/C21H25NO5/c1-6-27-17-9-7-14(12-16(17)22)19(23)13(2)11-15-8-10-18(24-3)21(26-5)20(15)25-4/h7-12H,6,22H2,1-5H3/b13-11+. The first-order valence-corrected chi connectivity index (χ1v) is 8.51. The molecule has 0 aliphatic rings. The van der Waals surface area contributed by atoms with Crippen LogP contribution in [0.2, 0.25) is 0 Å². The van der Waals surface area contributed by atoms with Gasteiger partial charge in [0.05, 0.1) is 33.6 Å². The first kappa shape index (κ1) is 20.2. The highest BCUT2D eigenvalue weighted by Crippen LogP contribution is 2.40. The van der Waals surface area contributed by atoms with E-state index in [4.69, 9.17) is 24.7 Å². The van der Waals surface area contributed by atoms with Gasteiger partial charge in [-0.25, -0.2) is 0 Å². The Morgan fingerprint density at radius 1 is 1.00 bits per heavy atom. The predicted octanol–water partition coefficient (Wildman–Crippen LogP) is 3.98. The van der Waals surface area contributed by atoms with Gasteiger partial charge in [0.25, 0.3) is 0 Å². The SMILES string of the molecule is CCOc1ccc(C(=O)/C(C)=C/c2ccc(OC)c(OC)c2OC)cc1N. The van der Waals surface area contributed by atoms with Crippen molar-refractivity contribution in [3.8, 4) is 23.0 Å². The molecule has 0 saturated carbocycles. The van der Waals surface area contributed by atoms with Crippen LogP contribution >= 0.6 is 0 Å². The van der Waals surface area contributed by atoms with E-state index in [1.165, 1.54) is 7.11 Å². The zero-order chi connectivity index (χ0) is 20.0. The second-order valence-corrected chi connectivity index (χ2v) is 5.77. The first-order chi connectivity index (χ1) is 13.0. The van der Waals surface area contributed by atoms with Crippen molar-refractivity contribution >= 4 is 17.5 Å². The number of hydrogen-bond acceptors (Lipinski definition) is 6. The molecule has 144 valence electrons. The topological polar surface area (TPSA) is 80.0 Å². The Morgan fingerprint density at radius 3 is 2.22 bits per heavy atom. The summed E-state index contributed by atoms with van der Waals surface area (Å²) in [5.74, 6) is 1.95. The quantitative estimate of drug-likeness (QED) is 0.429. The van der Waals surface area contributed by atoms with Gasteiger partial charge < -0.3 is 24.7 Å². The Labute approximate surface area is 159 Å². The van der Waals surface area contributed by atoms with Gasteiger partial charge in [0.15, 0.2) is 17.3 Å². The first-order valence-electron chi connectivity index (χ1n) is 8.51. The maximum absolute atomic E-state index is 12.8. The monoisotopic (exact) mass is 371 g/mol. The molecule has 2 aromatic carbocycles. The number of nitrogen functional groups attached to an aromatic ring is 1. The van der Waals surface area contributed by atoms with Crippen molar-refractivity contribution in [3.63, 3.8) is 0 Å². The lowest BCUT2D eigenvalue weighted by atomic mass is 10.0. The van der Waals surface area contributed by atoms with Gasteiger partial charge in [0.2, 0.25) is 5.75 Å². The molecule has 0 aliphatic heterocycles. The molecule has 0 atom stereocenters. The molecular weight excluding hydrogens is 346 g/mol. The fourth-order valence-electron chi connectivity index (χ4n) is 2.74. The summed E-state index contributed by atoms with van der Waals surface area (Å²) in [5, 5.41) is 0. The van der Waals surface area contributed by atoms with Crippen LogP contribution in [0, 0.1) is 0 Å². The summed E-state index contributed by atoms with van der Waals surface area (Å²) >= 11 is 0. The number of allylic oxidation sites excluding steroid dienone is 1. The van der Waals surface area contributed by atoms with Gasteiger partial charge >= 0.3 is 0 Å². The van der Waals surface area contributed by atoms with E-state index >= 15 is 0 Å². The second-order valence-electron chi connectivity index (χ2n) is 5.77. The van der Waals surface area contributed by atoms with E-state index in [0.717, 1.165) is 0 Å². The molecule has 2 N–H and O–H groups in total. The Balaban J connectivity index is 2.39. The molecule has 0 heterocycles. The van der Waals surface area contributed by atoms with Crippen molar-refractivity contribution in [2.75, 3.05) is 33.7 Å². The van der Waals surface area contributed by atoms with Gasteiger partial charge in [-0.1, -0.05) is 0 Å². The molecule has 0 spiro atoms. The third-order valence-electron chi connectivity index (χ3n) is 4.04. The molecule has 0 radical (unpaired) electrons. The molecular formula is C21H25NO5. The lowest BCUT2D eigenvalue weighted by molar-refractivity contribution is 0.103. The molecule has 0 aliphatic carbocycles. The van der Waals surface area contributed by atoms with E-state index in [0.29, 0.717) is 52.0 Å². The molecule has 0 bridgehead atoms. The number of hydrogen-bond donors (Lipinski definition) is 1. The summed E-state index contributed by atoms with van der Waals surface area (Å²) in [7, 11) is 4.63. The van der Waals surface area contributed by atoms with E-state index in [1.807, 2.05) is 13.0 Å². The number of carbonyl (C=O) groups excluding carboxylic acids is 1. The molecule has 2 rings (SSSR count). The Kier molecular flexibility index (Phi) is 6.71. The van der Waals surface area contributed by atoms with Crippen molar-refractivity contribution < 1.29 is 23.7 Å². The Morgan fingerprint density at radius 2 is 1.67 bits per heavy atom. The van der Waals surface area contributed by atoms with Gasteiger partial charge in [-0.05, 0) is 55.8 Å². The molecule has 6 nitrogen and oxygen atoms in total. The van der Waals surface area contributed by atoms with Crippen LogP contribution in [-0.4, -0.2) is 33.7 Å². The fourth-order valence-corrected chi connectivity index (χ4v) is 2.74. The summed E-state index contributed by atoms with van der Waals surface area (Å²) in [6.45, 7) is 4.13. The predicted molar refractivity (Wildman–Crippen MR) is 106 cm³/mol. The third kappa shape index (κ3) is 4.34. The lowest BCUT2D eigenvalue weighted by Crippen LogP contribution is -2.04. The van der Waals surface area contributed by atoms with Gasteiger partial charge in [-0.3, -0.25) is 4.79 Å². The van der Waals surface area contributed by atoms with Crippen molar-refractivity contribution in [2.24, 2.45) is 0 Å². The summed E-state index contributed by atoms with van der Waals surface area (Å²) < 4.78 is 21.5. The second kappa shape index (κ2) is 8.98. The van der Waals surface area contributed by atoms with Gasteiger partial charge in [0, 0.05) is 11.1 Å². The number of ether oxygens (including phenoxy) is 4. The van der Waals surface area contributed by atoms with Crippen LogP contribution < -0.4 is 24.7 Å². The number of ketones is 1. The summed E-state index contributed by atoms with van der Waals surface area (Å²) in [5.41, 5.74) is 8.13.